The molecule has 0 bridgehead atoms. The number of rotatable bonds is 8. The molecule has 0 aliphatic carbocycles. The molecule has 0 aliphatic heterocycles. The summed E-state index contributed by atoms with van der Waals surface area (Å²) in [5, 5.41) is 12.9. The van der Waals surface area contributed by atoms with Crippen molar-refractivity contribution in [1.82, 2.24) is 5.32 Å². The Labute approximate surface area is 110 Å². The molecule has 0 heterocycles. The van der Waals surface area contributed by atoms with Gasteiger partial charge in [-0.05, 0) is 26.0 Å². The van der Waals surface area contributed by atoms with Gasteiger partial charge in [-0.3, -0.25) is 0 Å². The van der Waals surface area contributed by atoms with Crippen molar-refractivity contribution in [2.45, 2.75) is 38.3 Å². The summed E-state index contributed by atoms with van der Waals surface area (Å²) >= 11 is 0. The average Bonchev–Trinajstić information content (AvgIpc) is 2.42. The van der Waals surface area contributed by atoms with E-state index in [1.807, 2.05) is 37.4 Å². The molecule has 0 fully saturated rings. The van der Waals surface area contributed by atoms with Gasteiger partial charge in [0, 0.05) is 0 Å². The summed E-state index contributed by atoms with van der Waals surface area (Å²) in [4.78, 5) is 0. The predicted molar refractivity (Wildman–Crippen MR) is 74.6 cm³/mol. The monoisotopic (exact) mass is 251 g/mol. The molecule has 0 amide bonds. The van der Waals surface area contributed by atoms with Gasteiger partial charge in [-0.2, -0.15) is 0 Å². The van der Waals surface area contributed by atoms with Crippen LogP contribution in [0.2, 0.25) is 0 Å². The molecule has 1 aromatic rings. The predicted octanol–water partition coefficient (Wildman–Crippen LogP) is 2.30. The molecular weight excluding hydrogens is 226 g/mol. The SMILES string of the molecule is CCCC(C)OCC(CO)(NC)c1ccccc1. The second-order valence-electron chi connectivity index (χ2n) is 4.77. The van der Waals surface area contributed by atoms with Crippen molar-refractivity contribution >= 4 is 0 Å². The maximum absolute atomic E-state index is 9.73. The van der Waals surface area contributed by atoms with Crippen LogP contribution in [0.5, 0.6) is 0 Å². The highest BCUT2D eigenvalue weighted by atomic mass is 16.5. The van der Waals surface area contributed by atoms with Gasteiger partial charge in [0.05, 0.1) is 24.9 Å². The lowest BCUT2D eigenvalue weighted by atomic mass is 9.91. The van der Waals surface area contributed by atoms with Crippen molar-refractivity contribution in [3.8, 4) is 0 Å². The molecule has 3 nitrogen and oxygen atoms in total. The summed E-state index contributed by atoms with van der Waals surface area (Å²) < 4.78 is 5.86. The maximum atomic E-state index is 9.73. The van der Waals surface area contributed by atoms with Crippen molar-refractivity contribution in [3.05, 3.63) is 35.9 Å². The highest BCUT2D eigenvalue weighted by Crippen LogP contribution is 2.21. The van der Waals surface area contributed by atoms with Crippen LogP contribution in [0.15, 0.2) is 30.3 Å². The van der Waals surface area contributed by atoms with E-state index in [2.05, 4.69) is 19.2 Å². The normalized spacial score (nSPS) is 16.2. The third kappa shape index (κ3) is 3.80. The van der Waals surface area contributed by atoms with E-state index in [4.69, 9.17) is 4.74 Å². The third-order valence-electron chi connectivity index (χ3n) is 3.38. The molecule has 0 aromatic heterocycles. The Morgan fingerprint density at radius 2 is 2.00 bits per heavy atom. The number of ether oxygens (including phenoxy) is 1. The second kappa shape index (κ2) is 7.52. The van der Waals surface area contributed by atoms with Gasteiger partial charge in [0.25, 0.3) is 0 Å². The lowest BCUT2D eigenvalue weighted by Crippen LogP contribution is -2.48. The molecule has 2 atom stereocenters. The number of aliphatic hydroxyl groups is 1. The van der Waals surface area contributed by atoms with Gasteiger partial charge in [-0.15, -0.1) is 0 Å². The van der Waals surface area contributed by atoms with Crippen molar-refractivity contribution < 1.29 is 9.84 Å². The van der Waals surface area contributed by atoms with E-state index in [1.165, 1.54) is 0 Å². The van der Waals surface area contributed by atoms with Gasteiger partial charge in [0.2, 0.25) is 0 Å². The van der Waals surface area contributed by atoms with Crippen LogP contribution in [0.1, 0.15) is 32.3 Å². The Kier molecular flexibility index (Phi) is 6.33. The minimum atomic E-state index is -0.511. The quantitative estimate of drug-likeness (QED) is 0.745. The smallest absolute Gasteiger partial charge is 0.0903 e. The summed E-state index contributed by atoms with van der Waals surface area (Å²) in [5.74, 6) is 0. The molecule has 3 heteroatoms. The zero-order valence-corrected chi connectivity index (χ0v) is 11.6. The number of hydrogen-bond acceptors (Lipinski definition) is 3. The van der Waals surface area contributed by atoms with Crippen LogP contribution in [0, 0.1) is 0 Å². The summed E-state index contributed by atoms with van der Waals surface area (Å²) in [6.45, 7) is 4.72. The molecule has 0 saturated heterocycles. The molecule has 0 radical (unpaired) electrons. The molecule has 102 valence electrons. The van der Waals surface area contributed by atoms with Crippen molar-refractivity contribution in [2.24, 2.45) is 0 Å². The summed E-state index contributed by atoms with van der Waals surface area (Å²) in [6, 6.07) is 9.96. The van der Waals surface area contributed by atoms with E-state index in [0.29, 0.717) is 6.61 Å². The minimum Gasteiger partial charge on any atom is -0.394 e. The summed E-state index contributed by atoms with van der Waals surface area (Å²) in [6.07, 6.45) is 2.37. The second-order valence-corrected chi connectivity index (χ2v) is 4.77. The van der Waals surface area contributed by atoms with Gasteiger partial charge in [-0.25, -0.2) is 0 Å². The van der Waals surface area contributed by atoms with E-state index in [1.54, 1.807) is 0 Å². The number of aliphatic hydroxyl groups excluding tert-OH is 1. The van der Waals surface area contributed by atoms with Gasteiger partial charge >= 0.3 is 0 Å². The molecule has 2 N–H and O–H groups in total. The zero-order valence-electron chi connectivity index (χ0n) is 11.6. The van der Waals surface area contributed by atoms with E-state index >= 15 is 0 Å². The Hall–Kier alpha value is -0.900. The van der Waals surface area contributed by atoms with Gasteiger partial charge in [0.1, 0.15) is 0 Å². The van der Waals surface area contributed by atoms with Crippen LogP contribution >= 0.6 is 0 Å². The lowest BCUT2D eigenvalue weighted by Gasteiger charge is -2.33. The molecule has 1 aromatic carbocycles. The van der Waals surface area contributed by atoms with Crippen LogP contribution in [-0.2, 0) is 10.3 Å². The van der Waals surface area contributed by atoms with Crippen molar-refractivity contribution in [2.75, 3.05) is 20.3 Å². The van der Waals surface area contributed by atoms with E-state index in [-0.39, 0.29) is 12.7 Å². The fraction of sp³-hybridized carbons (Fsp3) is 0.600. The fourth-order valence-corrected chi connectivity index (χ4v) is 2.05. The van der Waals surface area contributed by atoms with Crippen LogP contribution < -0.4 is 5.32 Å². The van der Waals surface area contributed by atoms with Crippen LogP contribution in [0.4, 0.5) is 0 Å². The van der Waals surface area contributed by atoms with E-state index in [0.717, 1.165) is 18.4 Å². The Balaban J connectivity index is 2.75. The van der Waals surface area contributed by atoms with E-state index < -0.39 is 5.54 Å². The highest BCUT2D eigenvalue weighted by molar-refractivity contribution is 5.24. The van der Waals surface area contributed by atoms with Gasteiger partial charge in [-0.1, -0.05) is 43.7 Å². The Morgan fingerprint density at radius 3 is 2.50 bits per heavy atom. The van der Waals surface area contributed by atoms with Gasteiger partial charge in [0.15, 0.2) is 0 Å². The summed E-state index contributed by atoms with van der Waals surface area (Å²) in [5.41, 5.74) is 0.544. The van der Waals surface area contributed by atoms with Crippen molar-refractivity contribution in [3.63, 3.8) is 0 Å². The molecule has 0 aliphatic rings. The molecule has 2 unspecified atom stereocenters. The number of likely N-dealkylation sites (N-methyl/N-ethyl adjacent to an activating group) is 1. The first-order valence-electron chi connectivity index (χ1n) is 6.65. The molecule has 1 rings (SSSR count). The molecule has 18 heavy (non-hydrogen) atoms. The molecule has 0 spiro atoms. The van der Waals surface area contributed by atoms with Crippen LogP contribution in [0.3, 0.4) is 0 Å². The maximum Gasteiger partial charge on any atom is 0.0903 e. The van der Waals surface area contributed by atoms with Crippen LogP contribution in [-0.4, -0.2) is 31.5 Å². The topological polar surface area (TPSA) is 41.5 Å². The first kappa shape index (κ1) is 15.2. The Morgan fingerprint density at radius 1 is 1.33 bits per heavy atom. The fourth-order valence-electron chi connectivity index (χ4n) is 2.05. The Bertz CT molecular complexity index is 323. The highest BCUT2D eigenvalue weighted by Gasteiger charge is 2.30. The first-order valence-corrected chi connectivity index (χ1v) is 6.65. The van der Waals surface area contributed by atoms with E-state index in [9.17, 15) is 5.11 Å². The number of nitrogens with one attached hydrogen (secondary N) is 1. The summed E-state index contributed by atoms with van der Waals surface area (Å²) in [7, 11) is 1.86. The lowest BCUT2D eigenvalue weighted by molar-refractivity contribution is -0.00497. The minimum absolute atomic E-state index is 0.0202. The largest absolute Gasteiger partial charge is 0.394 e. The average molecular weight is 251 g/mol. The number of hydrogen-bond donors (Lipinski definition) is 2. The van der Waals surface area contributed by atoms with Crippen molar-refractivity contribution in [1.29, 1.82) is 0 Å². The van der Waals surface area contributed by atoms with Gasteiger partial charge < -0.3 is 15.2 Å². The standard InChI is InChI=1S/C15H25NO2/c1-4-8-13(2)18-12-15(11-17,16-3)14-9-6-5-7-10-14/h5-7,9-10,13,16-17H,4,8,11-12H2,1-3H3. The molecular formula is C15H25NO2. The third-order valence-corrected chi connectivity index (χ3v) is 3.38. The number of benzene rings is 1. The zero-order chi connectivity index (χ0) is 13.4. The van der Waals surface area contributed by atoms with Crippen LogP contribution in [0.25, 0.3) is 0 Å². The molecule has 0 saturated carbocycles. The first-order chi connectivity index (χ1) is 8.68.